The molecule has 1 unspecified atom stereocenters. The lowest BCUT2D eigenvalue weighted by Gasteiger charge is -2.30. The van der Waals surface area contributed by atoms with Gasteiger partial charge >= 0.3 is 5.97 Å². The Labute approximate surface area is 101 Å². The van der Waals surface area contributed by atoms with Gasteiger partial charge < -0.3 is 5.11 Å². The first-order valence-corrected chi connectivity index (χ1v) is 5.78. The van der Waals surface area contributed by atoms with E-state index in [4.69, 9.17) is 5.11 Å². The molecular weight excluding hydrogens is 214 g/mol. The van der Waals surface area contributed by atoms with E-state index in [-0.39, 0.29) is 6.04 Å². The molecule has 0 radical (unpaired) electrons. The van der Waals surface area contributed by atoms with E-state index < -0.39 is 5.97 Å². The normalized spacial score (nSPS) is 21.1. The molecule has 3 heteroatoms. The van der Waals surface area contributed by atoms with Gasteiger partial charge in [0.1, 0.15) is 0 Å². The highest BCUT2D eigenvalue weighted by Gasteiger charge is 2.23. The first-order valence-electron chi connectivity index (χ1n) is 5.78. The number of aryl methyl sites for hydroxylation is 1. The van der Waals surface area contributed by atoms with Crippen LogP contribution in [0.15, 0.2) is 35.9 Å². The second kappa shape index (κ2) is 4.72. The zero-order chi connectivity index (χ0) is 12.4. The van der Waals surface area contributed by atoms with Crippen molar-refractivity contribution in [3.63, 3.8) is 0 Å². The molecule has 1 heterocycles. The highest BCUT2D eigenvalue weighted by Crippen LogP contribution is 2.28. The molecule has 3 nitrogen and oxygen atoms in total. The van der Waals surface area contributed by atoms with Crippen LogP contribution >= 0.6 is 0 Å². The lowest BCUT2D eigenvalue weighted by atomic mass is 9.96. The molecule has 17 heavy (non-hydrogen) atoms. The molecule has 90 valence electrons. The van der Waals surface area contributed by atoms with Gasteiger partial charge in [-0.15, -0.1) is 0 Å². The van der Waals surface area contributed by atoms with Gasteiger partial charge in [0, 0.05) is 12.1 Å². The van der Waals surface area contributed by atoms with E-state index in [2.05, 4.69) is 17.0 Å². The Bertz CT molecular complexity index is 465. The Balaban J connectivity index is 2.35. The minimum Gasteiger partial charge on any atom is -0.478 e. The van der Waals surface area contributed by atoms with Crippen molar-refractivity contribution in [2.45, 2.75) is 19.4 Å². The summed E-state index contributed by atoms with van der Waals surface area (Å²) in [5, 5.41) is 9.06. The van der Waals surface area contributed by atoms with Crippen molar-refractivity contribution in [3.8, 4) is 0 Å². The zero-order valence-electron chi connectivity index (χ0n) is 10.2. The van der Waals surface area contributed by atoms with Gasteiger partial charge in [-0.3, -0.25) is 4.90 Å². The molecule has 0 saturated heterocycles. The minimum atomic E-state index is -0.796. The van der Waals surface area contributed by atoms with Crippen molar-refractivity contribution in [3.05, 3.63) is 47.0 Å². The predicted molar refractivity (Wildman–Crippen MR) is 66.9 cm³/mol. The van der Waals surface area contributed by atoms with Crippen LogP contribution in [0.3, 0.4) is 0 Å². The Kier molecular flexibility index (Phi) is 3.29. The number of carbonyl (C=O) groups is 1. The molecule has 0 amide bonds. The number of aliphatic carboxylic acids is 1. The SMILES string of the molecule is Cc1cccc(C2C=C(C(=O)O)CCN2C)c1. The largest absolute Gasteiger partial charge is 0.478 e. The second-order valence-corrected chi connectivity index (χ2v) is 4.59. The summed E-state index contributed by atoms with van der Waals surface area (Å²) in [6, 6.07) is 8.31. The molecule has 1 aliphatic heterocycles. The van der Waals surface area contributed by atoms with Crippen molar-refractivity contribution >= 4 is 5.97 Å². The Morgan fingerprint density at radius 3 is 2.88 bits per heavy atom. The third-order valence-electron chi connectivity index (χ3n) is 3.23. The fraction of sp³-hybridized carbons (Fsp3) is 0.357. The van der Waals surface area contributed by atoms with E-state index in [9.17, 15) is 4.79 Å². The third kappa shape index (κ3) is 2.56. The fourth-order valence-electron chi connectivity index (χ4n) is 2.22. The van der Waals surface area contributed by atoms with Crippen molar-refractivity contribution in [1.29, 1.82) is 0 Å². The Morgan fingerprint density at radius 1 is 1.47 bits per heavy atom. The van der Waals surface area contributed by atoms with Gasteiger partial charge in [-0.25, -0.2) is 4.79 Å². The standard InChI is InChI=1S/C14H17NO2/c1-10-4-3-5-11(8-10)13-9-12(14(16)17)6-7-15(13)2/h3-5,8-9,13H,6-7H2,1-2H3,(H,16,17). The highest BCUT2D eigenvalue weighted by molar-refractivity contribution is 5.86. The maximum absolute atomic E-state index is 11.0. The molecule has 0 spiro atoms. The Hall–Kier alpha value is -1.61. The van der Waals surface area contributed by atoms with Gasteiger partial charge in [-0.05, 0) is 26.0 Å². The van der Waals surface area contributed by atoms with E-state index in [1.54, 1.807) is 0 Å². The summed E-state index contributed by atoms with van der Waals surface area (Å²) in [4.78, 5) is 13.2. The molecule has 1 aliphatic rings. The van der Waals surface area contributed by atoms with Gasteiger partial charge in [-0.1, -0.05) is 35.9 Å². The molecule has 1 aromatic carbocycles. The van der Waals surface area contributed by atoms with Crippen molar-refractivity contribution in [2.24, 2.45) is 0 Å². The van der Waals surface area contributed by atoms with E-state index in [0.717, 1.165) is 12.1 Å². The van der Waals surface area contributed by atoms with E-state index >= 15 is 0 Å². The number of carboxylic acid groups (broad SMARTS) is 1. The average molecular weight is 231 g/mol. The van der Waals surface area contributed by atoms with Crippen LogP contribution in [0.2, 0.25) is 0 Å². The number of hydrogen-bond donors (Lipinski definition) is 1. The Morgan fingerprint density at radius 2 is 2.24 bits per heavy atom. The molecule has 0 aliphatic carbocycles. The van der Waals surface area contributed by atoms with Gasteiger partial charge in [0.2, 0.25) is 0 Å². The lowest BCUT2D eigenvalue weighted by molar-refractivity contribution is -0.133. The summed E-state index contributed by atoms with van der Waals surface area (Å²) < 4.78 is 0. The highest BCUT2D eigenvalue weighted by atomic mass is 16.4. The molecular formula is C14H17NO2. The summed E-state index contributed by atoms with van der Waals surface area (Å²) in [5.41, 5.74) is 2.88. The molecule has 1 aromatic rings. The van der Waals surface area contributed by atoms with Gasteiger partial charge in [0.15, 0.2) is 0 Å². The third-order valence-corrected chi connectivity index (χ3v) is 3.23. The molecule has 0 aromatic heterocycles. The van der Waals surface area contributed by atoms with Crippen molar-refractivity contribution in [2.75, 3.05) is 13.6 Å². The van der Waals surface area contributed by atoms with Crippen LogP contribution in [0.25, 0.3) is 0 Å². The number of likely N-dealkylation sites (N-methyl/N-ethyl adjacent to an activating group) is 1. The quantitative estimate of drug-likeness (QED) is 0.849. The van der Waals surface area contributed by atoms with Crippen LogP contribution in [0.4, 0.5) is 0 Å². The van der Waals surface area contributed by atoms with Crippen LogP contribution in [0.5, 0.6) is 0 Å². The van der Waals surface area contributed by atoms with Gasteiger partial charge in [0.25, 0.3) is 0 Å². The second-order valence-electron chi connectivity index (χ2n) is 4.59. The number of hydrogen-bond acceptors (Lipinski definition) is 2. The number of nitrogens with zero attached hydrogens (tertiary/aromatic N) is 1. The average Bonchev–Trinajstić information content (AvgIpc) is 2.29. The monoisotopic (exact) mass is 231 g/mol. The van der Waals surface area contributed by atoms with Crippen LogP contribution in [0.1, 0.15) is 23.6 Å². The van der Waals surface area contributed by atoms with Gasteiger partial charge in [0.05, 0.1) is 6.04 Å². The minimum absolute atomic E-state index is 0.0785. The topological polar surface area (TPSA) is 40.5 Å². The molecule has 1 N–H and O–H groups in total. The number of rotatable bonds is 2. The van der Waals surface area contributed by atoms with Crippen LogP contribution < -0.4 is 0 Å². The molecule has 0 bridgehead atoms. The van der Waals surface area contributed by atoms with Crippen LogP contribution in [0, 0.1) is 6.92 Å². The number of benzene rings is 1. The summed E-state index contributed by atoms with van der Waals surface area (Å²) >= 11 is 0. The molecule has 1 atom stereocenters. The van der Waals surface area contributed by atoms with Crippen LogP contribution in [-0.4, -0.2) is 29.6 Å². The van der Waals surface area contributed by atoms with Crippen LogP contribution in [-0.2, 0) is 4.79 Å². The summed E-state index contributed by atoms with van der Waals surface area (Å²) in [7, 11) is 2.03. The van der Waals surface area contributed by atoms with E-state index in [0.29, 0.717) is 12.0 Å². The smallest absolute Gasteiger partial charge is 0.331 e. The van der Waals surface area contributed by atoms with Crippen molar-refractivity contribution < 1.29 is 9.90 Å². The maximum Gasteiger partial charge on any atom is 0.331 e. The van der Waals surface area contributed by atoms with Gasteiger partial charge in [-0.2, -0.15) is 0 Å². The summed E-state index contributed by atoms with van der Waals surface area (Å²) in [6.45, 7) is 2.84. The molecule has 0 fully saturated rings. The number of carboxylic acids is 1. The first kappa shape index (κ1) is 11.9. The zero-order valence-corrected chi connectivity index (χ0v) is 10.2. The van der Waals surface area contributed by atoms with E-state index in [1.807, 2.05) is 32.2 Å². The van der Waals surface area contributed by atoms with Crippen molar-refractivity contribution in [1.82, 2.24) is 4.90 Å². The molecule has 0 saturated carbocycles. The predicted octanol–water partition coefficient (Wildman–Crippen LogP) is 2.38. The van der Waals surface area contributed by atoms with E-state index in [1.165, 1.54) is 5.56 Å². The lowest BCUT2D eigenvalue weighted by Crippen LogP contribution is -2.30. The molecule has 2 rings (SSSR count). The maximum atomic E-state index is 11.0. The first-order chi connectivity index (χ1) is 8.08. The summed E-state index contributed by atoms with van der Waals surface area (Å²) in [5.74, 6) is -0.796. The summed E-state index contributed by atoms with van der Waals surface area (Å²) in [6.07, 6.45) is 2.48. The fourth-order valence-corrected chi connectivity index (χ4v) is 2.22.